The van der Waals surface area contributed by atoms with Crippen molar-refractivity contribution in [2.75, 3.05) is 5.32 Å². The van der Waals surface area contributed by atoms with E-state index in [2.05, 4.69) is 26.1 Å². The molecule has 1 saturated heterocycles. The molecule has 0 spiro atoms. The van der Waals surface area contributed by atoms with Crippen LogP contribution < -0.4 is 10.1 Å². The number of esters is 1. The van der Waals surface area contributed by atoms with Gasteiger partial charge in [0.15, 0.2) is 0 Å². The molecule has 5 heteroatoms. The standard InChI is InChI=1S/C23H29NO4/c1-12(2)10-16(23(3)8-9-23)21(25)24-13-4-6-14(7-5-13)27-22(26)15-11-17-19-18(15)20(19)28-17/h4-7,12,15-20H,8-11H2,1-3H3,(H,24,25). The van der Waals surface area contributed by atoms with E-state index < -0.39 is 0 Å². The molecular formula is C23H29NO4. The Kier molecular flexibility index (Phi) is 4.10. The van der Waals surface area contributed by atoms with Crippen molar-refractivity contribution in [2.24, 2.45) is 35.0 Å². The van der Waals surface area contributed by atoms with E-state index in [-0.39, 0.29) is 35.2 Å². The van der Waals surface area contributed by atoms with E-state index in [4.69, 9.17) is 9.47 Å². The second-order valence-corrected chi connectivity index (χ2v) is 9.91. The zero-order chi connectivity index (χ0) is 19.6. The van der Waals surface area contributed by atoms with Gasteiger partial charge in [0.2, 0.25) is 5.91 Å². The maximum absolute atomic E-state index is 12.8. The quantitative estimate of drug-likeness (QED) is 0.570. The number of nitrogens with one attached hydrogen (secondary N) is 1. The first-order valence-electron chi connectivity index (χ1n) is 10.6. The number of carbonyl (C=O) groups excluding carboxylic acids is 2. The minimum absolute atomic E-state index is 0.00999. The van der Waals surface area contributed by atoms with Crippen LogP contribution in [-0.2, 0) is 14.3 Å². The predicted molar refractivity (Wildman–Crippen MR) is 105 cm³/mol. The van der Waals surface area contributed by atoms with E-state index in [1.54, 1.807) is 12.1 Å². The molecule has 3 aliphatic carbocycles. The van der Waals surface area contributed by atoms with Gasteiger partial charge in [-0.1, -0.05) is 20.8 Å². The predicted octanol–water partition coefficient (Wildman–Crippen LogP) is 4.03. The highest BCUT2D eigenvalue weighted by Crippen LogP contribution is 2.66. The summed E-state index contributed by atoms with van der Waals surface area (Å²) in [6, 6.07) is 7.16. The number of anilines is 1. The molecule has 1 N–H and O–H groups in total. The fourth-order valence-electron chi connectivity index (χ4n) is 5.30. The molecule has 4 aliphatic rings. The minimum atomic E-state index is -0.140. The van der Waals surface area contributed by atoms with E-state index in [0.717, 1.165) is 31.4 Å². The van der Waals surface area contributed by atoms with Gasteiger partial charge in [-0.15, -0.1) is 0 Å². The lowest BCUT2D eigenvalue weighted by molar-refractivity contribution is -0.145. The largest absolute Gasteiger partial charge is 0.426 e. The van der Waals surface area contributed by atoms with Crippen LogP contribution in [-0.4, -0.2) is 24.1 Å². The SMILES string of the molecule is CC(C)CC(C(=O)Nc1ccc(OC(=O)C2CC3OC4C3C24)cc1)C1(C)CC1. The first-order chi connectivity index (χ1) is 13.4. The Morgan fingerprint density at radius 3 is 2.46 bits per heavy atom. The molecule has 1 aromatic carbocycles. The molecule has 0 aromatic heterocycles. The van der Waals surface area contributed by atoms with Crippen molar-refractivity contribution in [2.45, 2.75) is 58.7 Å². The Labute approximate surface area is 166 Å². The van der Waals surface area contributed by atoms with Gasteiger partial charge in [-0.3, -0.25) is 9.59 Å². The van der Waals surface area contributed by atoms with Crippen LogP contribution in [0.5, 0.6) is 5.75 Å². The molecule has 5 nitrogen and oxygen atoms in total. The monoisotopic (exact) mass is 383 g/mol. The van der Waals surface area contributed by atoms with Gasteiger partial charge < -0.3 is 14.8 Å². The highest BCUT2D eigenvalue weighted by molar-refractivity contribution is 5.93. The number of amides is 1. The summed E-state index contributed by atoms with van der Waals surface area (Å²) in [6.45, 7) is 6.54. The topological polar surface area (TPSA) is 64.6 Å². The average molecular weight is 383 g/mol. The van der Waals surface area contributed by atoms with Gasteiger partial charge in [0.05, 0.1) is 18.1 Å². The van der Waals surface area contributed by atoms with Crippen molar-refractivity contribution in [3.8, 4) is 5.75 Å². The van der Waals surface area contributed by atoms with Gasteiger partial charge in [-0.25, -0.2) is 0 Å². The van der Waals surface area contributed by atoms with Crippen LogP contribution in [0.4, 0.5) is 5.69 Å². The Bertz CT molecular complexity index is 797. The Balaban J connectivity index is 1.18. The van der Waals surface area contributed by atoms with Crippen LogP contribution in [0.3, 0.4) is 0 Å². The molecule has 0 radical (unpaired) electrons. The van der Waals surface area contributed by atoms with E-state index in [9.17, 15) is 9.59 Å². The fraction of sp³-hybridized carbons (Fsp3) is 0.652. The van der Waals surface area contributed by atoms with Crippen LogP contribution in [0.1, 0.15) is 46.5 Å². The van der Waals surface area contributed by atoms with E-state index >= 15 is 0 Å². The van der Waals surface area contributed by atoms with Crippen LogP contribution in [0.25, 0.3) is 0 Å². The van der Waals surface area contributed by atoms with Gasteiger partial charge in [-0.05, 0) is 61.3 Å². The van der Waals surface area contributed by atoms with Crippen molar-refractivity contribution < 1.29 is 19.1 Å². The summed E-state index contributed by atoms with van der Waals surface area (Å²) in [5.74, 6) is 2.03. The zero-order valence-corrected chi connectivity index (χ0v) is 16.8. The summed E-state index contributed by atoms with van der Waals surface area (Å²) in [5.41, 5.74) is 0.900. The van der Waals surface area contributed by atoms with Crippen LogP contribution in [0.2, 0.25) is 0 Å². The molecule has 1 aromatic rings. The van der Waals surface area contributed by atoms with Crippen LogP contribution in [0, 0.1) is 35.0 Å². The lowest BCUT2D eigenvalue weighted by Crippen LogP contribution is -2.35. The van der Waals surface area contributed by atoms with Gasteiger partial charge in [0.1, 0.15) is 5.75 Å². The molecule has 5 rings (SSSR count). The van der Waals surface area contributed by atoms with Crippen molar-refractivity contribution in [3.05, 3.63) is 24.3 Å². The number of rotatable bonds is 7. The molecule has 4 fully saturated rings. The molecule has 0 bridgehead atoms. The molecule has 6 unspecified atom stereocenters. The fourth-order valence-corrected chi connectivity index (χ4v) is 5.30. The molecular weight excluding hydrogens is 354 g/mol. The van der Waals surface area contributed by atoms with Gasteiger partial charge in [-0.2, -0.15) is 0 Å². The Morgan fingerprint density at radius 2 is 1.93 bits per heavy atom. The Hall–Kier alpha value is -1.88. The van der Waals surface area contributed by atoms with E-state index in [0.29, 0.717) is 29.6 Å². The van der Waals surface area contributed by atoms with Crippen molar-refractivity contribution >= 4 is 17.6 Å². The summed E-state index contributed by atoms with van der Waals surface area (Å²) in [6.07, 6.45) is 4.57. The van der Waals surface area contributed by atoms with Crippen molar-refractivity contribution in [3.63, 3.8) is 0 Å². The maximum Gasteiger partial charge on any atom is 0.314 e. The molecule has 6 atom stereocenters. The molecule has 3 saturated carbocycles. The normalized spacial score (nSPS) is 34.2. The highest BCUT2D eigenvalue weighted by atomic mass is 16.6. The second kappa shape index (κ2) is 6.31. The molecule has 1 aliphatic heterocycles. The smallest absolute Gasteiger partial charge is 0.314 e. The van der Waals surface area contributed by atoms with Gasteiger partial charge in [0, 0.05) is 23.4 Å². The third kappa shape index (κ3) is 3.04. The van der Waals surface area contributed by atoms with Gasteiger partial charge >= 0.3 is 5.97 Å². The maximum atomic E-state index is 12.8. The van der Waals surface area contributed by atoms with Crippen molar-refractivity contribution in [1.82, 2.24) is 0 Å². The van der Waals surface area contributed by atoms with E-state index in [1.807, 2.05) is 12.1 Å². The number of carbonyl (C=O) groups is 2. The van der Waals surface area contributed by atoms with Crippen LogP contribution in [0.15, 0.2) is 24.3 Å². The lowest BCUT2D eigenvalue weighted by atomic mass is 9.83. The molecule has 1 amide bonds. The third-order valence-electron chi connectivity index (χ3n) is 7.32. The summed E-state index contributed by atoms with van der Waals surface area (Å²) >= 11 is 0. The Morgan fingerprint density at radius 1 is 1.21 bits per heavy atom. The second-order valence-electron chi connectivity index (χ2n) is 9.91. The summed E-state index contributed by atoms with van der Waals surface area (Å²) < 4.78 is 11.2. The molecule has 1 heterocycles. The van der Waals surface area contributed by atoms with Crippen molar-refractivity contribution in [1.29, 1.82) is 0 Å². The molecule has 150 valence electrons. The molecule has 28 heavy (non-hydrogen) atoms. The number of hydrogen-bond donors (Lipinski definition) is 1. The first-order valence-corrected chi connectivity index (χ1v) is 10.6. The number of fused-ring (bicyclic) bond motifs is 1. The third-order valence-corrected chi connectivity index (χ3v) is 7.32. The van der Waals surface area contributed by atoms with Crippen LogP contribution >= 0.6 is 0 Å². The number of benzene rings is 1. The highest BCUT2D eigenvalue weighted by Gasteiger charge is 2.74. The average Bonchev–Trinajstić information content (AvgIpc) is 3.49. The minimum Gasteiger partial charge on any atom is -0.426 e. The summed E-state index contributed by atoms with van der Waals surface area (Å²) in [5, 5.41) is 3.06. The number of hydrogen-bond acceptors (Lipinski definition) is 4. The number of ether oxygens (including phenoxy) is 2. The summed E-state index contributed by atoms with van der Waals surface area (Å²) in [7, 11) is 0. The van der Waals surface area contributed by atoms with Gasteiger partial charge in [0.25, 0.3) is 0 Å². The lowest BCUT2D eigenvalue weighted by Gasteiger charge is -2.28. The van der Waals surface area contributed by atoms with E-state index in [1.165, 1.54) is 0 Å². The zero-order valence-electron chi connectivity index (χ0n) is 16.8. The first kappa shape index (κ1) is 18.2. The summed E-state index contributed by atoms with van der Waals surface area (Å²) in [4.78, 5) is 25.3.